The maximum Gasteiger partial charge on any atom is 0.269 e. The Morgan fingerprint density at radius 3 is 2.77 bits per heavy atom. The molecule has 0 aliphatic heterocycles. The van der Waals surface area contributed by atoms with Crippen molar-refractivity contribution < 1.29 is 9.53 Å². The Kier molecular flexibility index (Phi) is 4.49. The van der Waals surface area contributed by atoms with Gasteiger partial charge in [0.2, 0.25) is 5.13 Å². The van der Waals surface area contributed by atoms with Gasteiger partial charge in [-0.1, -0.05) is 53.0 Å². The van der Waals surface area contributed by atoms with Crippen LogP contribution in [0.3, 0.4) is 0 Å². The molecule has 132 valence electrons. The van der Waals surface area contributed by atoms with E-state index < -0.39 is 0 Å². The van der Waals surface area contributed by atoms with Crippen LogP contribution in [-0.4, -0.2) is 32.6 Å². The van der Waals surface area contributed by atoms with Crippen molar-refractivity contribution in [2.24, 2.45) is 0 Å². The second kappa shape index (κ2) is 6.94. The molecule has 0 unspecified atom stereocenters. The van der Waals surface area contributed by atoms with Gasteiger partial charge in [0, 0.05) is 24.6 Å². The van der Waals surface area contributed by atoms with Crippen LogP contribution in [0.15, 0.2) is 36.5 Å². The summed E-state index contributed by atoms with van der Waals surface area (Å²) in [5.74, 6) is -0.209. The van der Waals surface area contributed by atoms with Crippen molar-refractivity contribution in [1.82, 2.24) is 19.6 Å². The second-order valence-corrected chi connectivity index (χ2v) is 7.59. The van der Waals surface area contributed by atoms with E-state index in [1.54, 1.807) is 7.11 Å². The molecular weight excluding hydrogens is 370 g/mol. The molecular formula is C17H15N5O2S2. The molecule has 0 bridgehead atoms. The van der Waals surface area contributed by atoms with Crippen molar-refractivity contribution in [3.63, 3.8) is 0 Å². The Balaban J connectivity index is 1.59. The number of fused-ring (bicyclic) bond motifs is 1. The summed E-state index contributed by atoms with van der Waals surface area (Å²) < 4.78 is 6.96. The Hall–Kier alpha value is -2.62. The minimum atomic E-state index is -0.209. The van der Waals surface area contributed by atoms with E-state index in [1.165, 1.54) is 22.7 Å². The lowest BCUT2D eigenvalue weighted by Crippen LogP contribution is -2.11. The summed E-state index contributed by atoms with van der Waals surface area (Å²) in [4.78, 5) is 18.6. The summed E-state index contributed by atoms with van der Waals surface area (Å²) >= 11 is 2.65. The van der Waals surface area contributed by atoms with Crippen LogP contribution in [0.5, 0.6) is 0 Å². The largest absolute Gasteiger partial charge is 0.377 e. The van der Waals surface area contributed by atoms with E-state index >= 15 is 0 Å². The fourth-order valence-corrected chi connectivity index (χ4v) is 4.26. The number of thiazole rings is 1. The molecule has 3 aromatic heterocycles. The maximum atomic E-state index is 12.6. The van der Waals surface area contributed by atoms with Crippen molar-refractivity contribution in [3.05, 3.63) is 52.1 Å². The van der Waals surface area contributed by atoms with E-state index in [0.29, 0.717) is 21.6 Å². The predicted octanol–water partition coefficient (Wildman–Crippen LogP) is 3.62. The second-order valence-electron chi connectivity index (χ2n) is 5.55. The predicted molar refractivity (Wildman–Crippen MR) is 102 cm³/mol. The zero-order chi connectivity index (χ0) is 18.1. The zero-order valence-electron chi connectivity index (χ0n) is 14.1. The lowest BCUT2D eigenvalue weighted by Gasteiger charge is -1.99. The fourth-order valence-electron chi connectivity index (χ4n) is 2.55. The molecule has 1 aromatic carbocycles. The van der Waals surface area contributed by atoms with Crippen molar-refractivity contribution >= 4 is 38.7 Å². The normalized spacial score (nSPS) is 11.2. The molecule has 0 saturated carbocycles. The first-order valence-electron chi connectivity index (χ1n) is 7.82. The molecule has 0 radical (unpaired) electrons. The van der Waals surface area contributed by atoms with Gasteiger partial charge in [0.15, 0.2) is 4.96 Å². The molecule has 7 nitrogen and oxygen atoms in total. The van der Waals surface area contributed by atoms with Gasteiger partial charge in [-0.3, -0.25) is 14.5 Å². The standard InChI is InChI=1S/C17H15N5O2S2/c1-10-14(15(23)19-16-21-20-13(25-16)9-24-2)26-17-18-12(8-22(10)17)11-6-4-3-5-7-11/h3-8H,9H2,1-2H3,(H,19,21,23). The van der Waals surface area contributed by atoms with Gasteiger partial charge in [-0.15, -0.1) is 10.2 Å². The maximum absolute atomic E-state index is 12.6. The summed E-state index contributed by atoms with van der Waals surface area (Å²) in [5, 5.41) is 11.9. The van der Waals surface area contributed by atoms with Gasteiger partial charge in [-0.2, -0.15) is 0 Å². The van der Waals surface area contributed by atoms with Crippen molar-refractivity contribution in [1.29, 1.82) is 0 Å². The molecule has 4 aromatic rings. The molecule has 0 aliphatic carbocycles. The number of rotatable bonds is 5. The number of ether oxygens (including phenoxy) is 1. The minimum Gasteiger partial charge on any atom is -0.377 e. The Bertz CT molecular complexity index is 1070. The quantitative estimate of drug-likeness (QED) is 0.567. The summed E-state index contributed by atoms with van der Waals surface area (Å²) in [5.41, 5.74) is 2.78. The average molecular weight is 385 g/mol. The Morgan fingerprint density at radius 1 is 1.23 bits per heavy atom. The number of anilines is 1. The lowest BCUT2D eigenvalue weighted by molar-refractivity contribution is 0.102. The van der Waals surface area contributed by atoms with Gasteiger partial charge >= 0.3 is 0 Å². The number of aromatic nitrogens is 4. The smallest absolute Gasteiger partial charge is 0.269 e. The number of amides is 1. The third kappa shape index (κ3) is 3.12. The number of nitrogens with zero attached hydrogens (tertiary/aromatic N) is 4. The highest BCUT2D eigenvalue weighted by atomic mass is 32.1. The highest BCUT2D eigenvalue weighted by Crippen LogP contribution is 2.28. The summed E-state index contributed by atoms with van der Waals surface area (Å²) in [6.07, 6.45) is 1.95. The topological polar surface area (TPSA) is 81.4 Å². The molecule has 26 heavy (non-hydrogen) atoms. The molecule has 0 atom stereocenters. The first kappa shape index (κ1) is 16.8. The van der Waals surface area contributed by atoms with E-state index in [1.807, 2.05) is 47.9 Å². The number of nitrogens with one attached hydrogen (secondary N) is 1. The zero-order valence-corrected chi connectivity index (χ0v) is 15.7. The van der Waals surface area contributed by atoms with E-state index in [0.717, 1.165) is 21.9 Å². The number of carbonyl (C=O) groups is 1. The van der Waals surface area contributed by atoms with Gasteiger partial charge in [0.1, 0.15) is 16.5 Å². The summed E-state index contributed by atoms with van der Waals surface area (Å²) in [7, 11) is 1.59. The van der Waals surface area contributed by atoms with Crippen LogP contribution in [0.4, 0.5) is 5.13 Å². The monoisotopic (exact) mass is 385 g/mol. The van der Waals surface area contributed by atoms with Crippen LogP contribution < -0.4 is 5.32 Å². The van der Waals surface area contributed by atoms with E-state index in [9.17, 15) is 4.79 Å². The Morgan fingerprint density at radius 2 is 2.04 bits per heavy atom. The Labute approximate surface area is 157 Å². The lowest BCUT2D eigenvalue weighted by atomic mass is 10.2. The third-order valence-electron chi connectivity index (χ3n) is 3.79. The highest BCUT2D eigenvalue weighted by Gasteiger charge is 2.19. The third-order valence-corrected chi connectivity index (χ3v) is 5.76. The van der Waals surface area contributed by atoms with E-state index in [-0.39, 0.29) is 5.91 Å². The van der Waals surface area contributed by atoms with Crippen molar-refractivity contribution in [2.45, 2.75) is 13.5 Å². The molecule has 1 amide bonds. The van der Waals surface area contributed by atoms with Gasteiger partial charge in [0.05, 0.1) is 5.69 Å². The van der Waals surface area contributed by atoms with Crippen LogP contribution in [-0.2, 0) is 11.3 Å². The molecule has 0 fully saturated rings. The van der Waals surface area contributed by atoms with Crippen LogP contribution in [0, 0.1) is 6.92 Å². The number of hydrogen-bond donors (Lipinski definition) is 1. The van der Waals surface area contributed by atoms with Crippen molar-refractivity contribution in [2.75, 3.05) is 12.4 Å². The van der Waals surface area contributed by atoms with Gasteiger partial charge < -0.3 is 4.74 Å². The number of imidazole rings is 1. The number of methoxy groups -OCH3 is 1. The SMILES string of the molecule is COCc1nnc(NC(=O)c2sc3nc(-c4ccccc4)cn3c2C)s1. The molecule has 3 heterocycles. The van der Waals surface area contributed by atoms with Crippen LogP contribution in [0.25, 0.3) is 16.2 Å². The number of carbonyl (C=O) groups excluding carboxylic acids is 1. The molecule has 9 heteroatoms. The van der Waals surface area contributed by atoms with E-state index in [2.05, 4.69) is 20.5 Å². The van der Waals surface area contributed by atoms with Gasteiger partial charge in [0.25, 0.3) is 5.91 Å². The first-order valence-corrected chi connectivity index (χ1v) is 9.45. The van der Waals surface area contributed by atoms with Crippen LogP contribution >= 0.6 is 22.7 Å². The van der Waals surface area contributed by atoms with Gasteiger partial charge in [-0.05, 0) is 6.92 Å². The van der Waals surface area contributed by atoms with Crippen LogP contribution in [0.2, 0.25) is 0 Å². The van der Waals surface area contributed by atoms with Crippen molar-refractivity contribution in [3.8, 4) is 11.3 Å². The highest BCUT2D eigenvalue weighted by molar-refractivity contribution is 7.19. The molecule has 0 spiro atoms. The number of aryl methyl sites for hydroxylation is 1. The number of benzene rings is 1. The molecule has 0 saturated heterocycles. The minimum absolute atomic E-state index is 0.209. The summed E-state index contributed by atoms with van der Waals surface area (Å²) in [6.45, 7) is 2.28. The number of hydrogen-bond acceptors (Lipinski definition) is 7. The molecule has 1 N–H and O–H groups in total. The van der Waals surface area contributed by atoms with Crippen LogP contribution in [0.1, 0.15) is 20.4 Å². The summed E-state index contributed by atoms with van der Waals surface area (Å²) in [6, 6.07) is 9.97. The van der Waals surface area contributed by atoms with Gasteiger partial charge in [-0.25, -0.2) is 4.98 Å². The average Bonchev–Trinajstić information content (AvgIpc) is 3.33. The fraction of sp³-hybridized carbons (Fsp3) is 0.176. The molecule has 4 rings (SSSR count). The van der Waals surface area contributed by atoms with E-state index in [4.69, 9.17) is 4.74 Å². The molecule has 0 aliphatic rings. The first-order chi connectivity index (χ1) is 12.7.